The average molecular weight is 318 g/mol. The summed E-state index contributed by atoms with van der Waals surface area (Å²) in [6.45, 7) is 2.30. The molecular formula is C13H21BrFN3. The van der Waals surface area contributed by atoms with Gasteiger partial charge in [0.25, 0.3) is 0 Å². The predicted molar refractivity (Wildman–Crippen MR) is 77.1 cm³/mol. The molecule has 0 radical (unpaired) electrons. The molecule has 0 bridgehead atoms. The van der Waals surface area contributed by atoms with Gasteiger partial charge in [0.15, 0.2) is 0 Å². The van der Waals surface area contributed by atoms with Gasteiger partial charge in [-0.15, -0.1) is 0 Å². The molecule has 2 N–H and O–H groups in total. The van der Waals surface area contributed by atoms with E-state index in [4.69, 9.17) is 5.73 Å². The van der Waals surface area contributed by atoms with Crippen LogP contribution < -0.4 is 5.73 Å². The van der Waals surface area contributed by atoms with Crippen molar-refractivity contribution in [3.63, 3.8) is 0 Å². The lowest BCUT2D eigenvalue weighted by molar-refractivity contribution is 0.222. The van der Waals surface area contributed by atoms with E-state index in [0.29, 0.717) is 6.54 Å². The van der Waals surface area contributed by atoms with Gasteiger partial charge in [0.05, 0.1) is 0 Å². The van der Waals surface area contributed by atoms with Crippen molar-refractivity contribution in [2.75, 3.05) is 40.8 Å². The van der Waals surface area contributed by atoms with Crippen molar-refractivity contribution < 1.29 is 4.39 Å². The molecule has 102 valence electrons. The summed E-state index contributed by atoms with van der Waals surface area (Å²) in [6, 6.07) is 4.75. The number of hydrogen-bond acceptors (Lipinski definition) is 3. The molecule has 18 heavy (non-hydrogen) atoms. The lowest BCUT2D eigenvalue weighted by Crippen LogP contribution is -2.35. The summed E-state index contributed by atoms with van der Waals surface area (Å²) in [6.07, 6.45) is 0. The molecule has 0 aliphatic rings. The van der Waals surface area contributed by atoms with Gasteiger partial charge in [-0.1, -0.05) is 15.9 Å². The van der Waals surface area contributed by atoms with Crippen molar-refractivity contribution in [3.05, 3.63) is 34.1 Å². The number of likely N-dealkylation sites (N-methyl/N-ethyl adjacent to an activating group) is 2. The van der Waals surface area contributed by atoms with E-state index in [-0.39, 0.29) is 11.9 Å². The number of hydrogen-bond donors (Lipinski definition) is 1. The Labute approximate surface area is 117 Å². The first-order valence-electron chi connectivity index (χ1n) is 5.95. The molecule has 0 saturated carbocycles. The molecule has 0 saturated heterocycles. The van der Waals surface area contributed by atoms with Gasteiger partial charge >= 0.3 is 0 Å². The van der Waals surface area contributed by atoms with Gasteiger partial charge < -0.3 is 10.6 Å². The lowest BCUT2D eigenvalue weighted by atomic mass is 10.1. The van der Waals surface area contributed by atoms with Crippen LogP contribution in [0.3, 0.4) is 0 Å². The minimum Gasteiger partial charge on any atom is -0.329 e. The topological polar surface area (TPSA) is 32.5 Å². The molecule has 0 amide bonds. The molecule has 1 aromatic rings. The highest BCUT2D eigenvalue weighted by atomic mass is 79.9. The van der Waals surface area contributed by atoms with Gasteiger partial charge in [-0.2, -0.15) is 0 Å². The maximum Gasteiger partial charge on any atom is 0.123 e. The molecule has 0 aromatic heterocycles. The Balaban J connectivity index is 2.84. The van der Waals surface area contributed by atoms with Crippen molar-refractivity contribution in [2.24, 2.45) is 5.73 Å². The normalized spacial score (nSPS) is 13.3. The summed E-state index contributed by atoms with van der Waals surface area (Å²) in [4.78, 5) is 4.27. The van der Waals surface area contributed by atoms with Gasteiger partial charge in [-0.25, -0.2) is 4.39 Å². The number of halogens is 2. The highest BCUT2D eigenvalue weighted by molar-refractivity contribution is 9.10. The van der Waals surface area contributed by atoms with E-state index in [1.807, 2.05) is 21.1 Å². The first-order chi connectivity index (χ1) is 8.45. The average Bonchev–Trinajstić information content (AvgIpc) is 2.32. The Morgan fingerprint density at radius 1 is 1.28 bits per heavy atom. The number of benzene rings is 1. The second-order valence-electron chi connectivity index (χ2n) is 4.70. The Morgan fingerprint density at radius 2 is 1.94 bits per heavy atom. The zero-order valence-corrected chi connectivity index (χ0v) is 12.7. The van der Waals surface area contributed by atoms with E-state index in [0.717, 1.165) is 23.1 Å². The van der Waals surface area contributed by atoms with Crippen molar-refractivity contribution in [1.29, 1.82) is 0 Å². The second-order valence-corrected chi connectivity index (χ2v) is 5.56. The van der Waals surface area contributed by atoms with Crippen molar-refractivity contribution in [1.82, 2.24) is 9.80 Å². The van der Waals surface area contributed by atoms with Gasteiger partial charge in [0, 0.05) is 30.1 Å². The minimum absolute atomic E-state index is 0.0232. The van der Waals surface area contributed by atoms with Crippen LogP contribution in [0.4, 0.5) is 4.39 Å². The summed E-state index contributed by atoms with van der Waals surface area (Å²) in [5, 5.41) is 0. The quantitative estimate of drug-likeness (QED) is 0.872. The van der Waals surface area contributed by atoms with Crippen LogP contribution in [0.2, 0.25) is 0 Å². The summed E-state index contributed by atoms with van der Waals surface area (Å²) < 4.78 is 14.2. The van der Waals surface area contributed by atoms with Crippen molar-refractivity contribution in [3.8, 4) is 0 Å². The summed E-state index contributed by atoms with van der Waals surface area (Å²) in [5.41, 5.74) is 6.73. The molecule has 1 unspecified atom stereocenters. The number of nitrogens with two attached hydrogens (primary N) is 1. The molecule has 0 fully saturated rings. The van der Waals surface area contributed by atoms with Crippen LogP contribution in [-0.2, 0) is 0 Å². The maximum atomic E-state index is 13.3. The van der Waals surface area contributed by atoms with E-state index in [1.165, 1.54) is 6.07 Å². The Hall–Kier alpha value is -0.490. The molecule has 0 aliphatic heterocycles. The Morgan fingerprint density at radius 3 is 2.50 bits per heavy atom. The Bertz CT molecular complexity index is 384. The zero-order chi connectivity index (χ0) is 13.7. The van der Waals surface area contributed by atoms with Gasteiger partial charge in [0.1, 0.15) is 5.82 Å². The third-order valence-corrected chi connectivity index (χ3v) is 3.69. The Kier molecular flexibility index (Phi) is 6.21. The van der Waals surface area contributed by atoms with Crippen molar-refractivity contribution >= 4 is 15.9 Å². The second kappa shape index (κ2) is 7.19. The van der Waals surface area contributed by atoms with E-state index >= 15 is 0 Å². The molecule has 3 nitrogen and oxygen atoms in total. The zero-order valence-electron chi connectivity index (χ0n) is 11.2. The first-order valence-corrected chi connectivity index (χ1v) is 6.75. The van der Waals surface area contributed by atoms with Crippen LogP contribution >= 0.6 is 15.9 Å². The molecule has 5 heteroatoms. The smallest absolute Gasteiger partial charge is 0.123 e. The molecule has 1 aromatic carbocycles. The largest absolute Gasteiger partial charge is 0.329 e. The van der Waals surface area contributed by atoms with Crippen LogP contribution in [0, 0.1) is 5.82 Å². The van der Waals surface area contributed by atoms with Gasteiger partial charge in [-0.05, 0) is 44.9 Å². The number of nitrogens with zero attached hydrogens (tertiary/aromatic N) is 2. The fourth-order valence-electron chi connectivity index (χ4n) is 1.83. The van der Waals surface area contributed by atoms with E-state index in [2.05, 4.69) is 25.7 Å². The van der Waals surface area contributed by atoms with E-state index in [1.54, 1.807) is 12.1 Å². The molecule has 1 rings (SSSR count). The van der Waals surface area contributed by atoms with Crippen LogP contribution in [0.25, 0.3) is 0 Å². The van der Waals surface area contributed by atoms with E-state index in [9.17, 15) is 4.39 Å². The predicted octanol–water partition coefficient (Wildman–Crippen LogP) is 2.08. The van der Waals surface area contributed by atoms with Crippen molar-refractivity contribution in [2.45, 2.75) is 6.04 Å². The first kappa shape index (κ1) is 15.6. The third-order valence-electron chi connectivity index (χ3n) is 2.97. The fraction of sp³-hybridized carbons (Fsp3) is 0.538. The van der Waals surface area contributed by atoms with Crippen LogP contribution in [-0.4, -0.2) is 50.6 Å². The minimum atomic E-state index is -0.229. The molecule has 0 spiro atoms. The van der Waals surface area contributed by atoms with E-state index < -0.39 is 0 Å². The SMILES string of the molecule is CN(C)CCN(C)C(CN)c1cc(F)ccc1Br. The monoisotopic (exact) mass is 317 g/mol. The van der Waals surface area contributed by atoms with Gasteiger partial charge in [-0.3, -0.25) is 4.90 Å². The third kappa shape index (κ3) is 4.31. The summed E-state index contributed by atoms with van der Waals surface area (Å²) in [5.74, 6) is -0.229. The molecular weight excluding hydrogens is 297 g/mol. The van der Waals surface area contributed by atoms with Crippen LogP contribution in [0.1, 0.15) is 11.6 Å². The lowest BCUT2D eigenvalue weighted by Gasteiger charge is -2.29. The highest BCUT2D eigenvalue weighted by Gasteiger charge is 2.18. The standard InChI is InChI=1S/C13H21BrFN3/c1-17(2)6-7-18(3)13(9-16)11-8-10(15)4-5-12(11)14/h4-5,8,13H,6-7,9,16H2,1-3H3. The molecule has 0 aliphatic carbocycles. The molecule has 0 heterocycles. The van der Waals surface area contributed by atoms with Crippen LogP contribution in [0.15, 0.2) is 22.7 Å². The highest BCUT2D eigenvalue weighted by Crippen LogP contribution is 2.27. The fourth-order valence-corrected chi connectivity index (χ4v) is 2.34. The number of rotatable bonds is 6. The maximum absolute atomic E-state index is 13.3. The summed E-state index contributed by atoms with van der Waals surface area (Å²) >= 11 is 3.46. The summed E-state index contributed by atoms with van der Waals surface area (Å²) in [7, 11) is 6.07. The van der Waals surface area contributed by atoms with Gasteiger partial charge in [0.2, 0.25) is 0 Å². The van der Waals surface area contributed by atoms with Crippen LogP contribution in [0.5, 0.6) is 0 Å². The molecule has 1 atom stereocenters.